The number of ketones is 1. The molecule has 31 heavy (non-hydrogen) atoms. The van der Waals surface area contributed by atoms with Crippen LogP contribution < -0.4 is 14.8 Å². The molecule has 1 atom stereocenters. The van der Waals surface area contributed by atoms with Gasteiger partial charge in [0, 0.05) is 35.1 Å². The molecule has 1 aliphatic carbocycles. The van der Waals surface area contributed by atoms with E-state index in [1.165, 1.54) is 0 Å². The standard InChI is InChI=1S/C24H29NO5S/c1-5-31-9-8-28-23(27)20-14(2)25-16-11-24(3,4)12-17(26)22(16)21(20)15-6-7-18-19(10-15)30-13-29-18/h6-7,10,21,25H,5,8-9,11-13H2,1-4H3/t21-/m1/s1. The van der Waals surface area contributed by atoms with Gasteiger partial charge in [0.1, 0.15) is 6.61 Å². The van der Waals surface area contributed by atoms with Gasteiger partial charge in [-0.15, -0.1) is 0 Å². The van der Waals surface area contributed by atoms with Crippen LogP contribution in [0.1, 0.15) is 52.0 Å². The van der Waals surface area contributed by atoms with E-state index in [0.29, 0.717) is 35.7 Å². The molecule has 2 heterocycles. The summed E-state index contributed by atoms with van der Waals surface area (Å²) >= 11 is 1.72. The van der Waals surface area contributed by atoms with Crippen LogP contribution in [0, 0.1) is 5.41 Å². The zero-order chi connectivity index (χ0) is 22.2. The van der Waals surface area contributed by atoms with E-state index < -0.39 is 5.92 Å². The molecule has 0 amide bonds. The highest BCUT2D eigenvalue weighted by molar-refractivity contribution is 7.99. The van der Waals surface area contributed by atoms with Crippen LogP contribution in [0.4, 0.5) is 0 Å². The first kappa shape index (κ1) is 21.8. The molecular formula is C24H29NO5S. The monoisotopic (exact) mass is 443 g/mol. The van der Waals surface area contributed by atoms with Crippen molar-refractivity contribution in [3.05, 3.63) is 46.3 Å². The van der Waals surface area contributed by atoms with Crippen molar-refractivity contribution in [2.75, 3.05) is 24.9 Å². The van der Waals surface area contributed by atoms with Crippen molar-refractivity contribution in [3.8, 4) is 11.5 Å². The lowest BCUT2D eigenvalue weighted by Crippen LogP contribution is -2.38. The second-order valence-corrected chi connectivity index (χ2v) is 10.3. The van der Waals surface area contributed by atoms with E-state index in [-0.39, 0.29) is 24.0 Å². The molecule has 0 spiro atoms. The number of dihydropyridines is 1. The van der Waals surface area contributed by atoms with Gasteiger partial charge in [-0.2, -0.15) is 11.8 Å². The Morgan fingerprint density at radius 2 is 2.03 bits per heavy atom. The third kappa shape index (κ3) is 4.33. The third-order valence-corrected chi connectivity index (χ3v) is 6.72. The van der Waals surface area contributed by atoms with Crippen molar-refractivity contribution in [1.82, 2.24) is 5.32 Å². The summed E-state index contributed by atoms with van der Waals surface area (Å²) in [7, 11) is 0. The predicted molar refractivity (Wildman–Crippen MR) is 120 cm³/mol. The van der Waals surface area contributed by atoms with Crippen molar-refractivity contribution in [1.29, 1.82) is 0 Å². The van der Waals surface area contributed by atoms with Crippen LogP contribution in [-0.2, 0) is 14.3 Å². The summed E-state index contributed by atoms with van der Waals surface area (Å²) in [6.45, 7) is 8.66. The number of hydrogen-bond donors (Lipinski definition) is 1. The number of ether oxygens (including phenoxy) is 3. The van der Waals surface area contributed by atoms with Crippen molar-refractivity contribution in [3.63, 3.8) is 0 Å². The number of hydrogen-bond acceptors (Lipinski definition) is 7. The molecule has 0 aromatic heterocycles. The highest BCUT2D eigenvalue weighted by atomic mass is 32.2. The Balaban J connectivity index is 1.75. The summed E-state index contributed by atoms with van der Waals surface area (Å²) in [4.78, 5) is 26.5. The van der Waals surface area contributed by atoms with E-state index in [0.717, 1.165) is 34.9 Å². The van der Waals surface area contributed by atoms with Crippen LogP contribution >= 0.6 is 11.8 Å². The summed E-state index contributed by atoms with van der Waals surface area (Å²) in [6.07, 6.45) is 1.20. The Morgan fingerprint density at radius 3 is 2.81 bits per heavy atom. The fourth-order valence-corrected chi connectivity index (χ4v) is 5.04. The van der Waals surface area contributed by atoms with Gasteiger partial charge in [0.25, 0.3) is 0 Å². The smallest absolute Gasteiger partial charge is 0.336 e. The average molecular weight is 444 g/mol. The molecule has 0 bridgehead atoms. The number of thioether (sulfide) groups is 1. The minimum atomic E-state index is -0.485. The van der Waals surface area contributed by atoms with Gasteiger partial charge < -0.3 is 19.5 Å². The number of esters is 1. The molecule has 2 aliphatic heterocycles. The molecule has 0 radical (unpaired) electrons. The summed E-state index contributed by atoms with van der Waals surface area (Å²) in [5.74, 6) is 2.23. The number of Topliss-reactive ketones (excluding diaryl/α,β-unsaturated/α-hetero) is 1. The lowest BCUT2D eigenvalue weighted by molar-refractivity contribution is -0.138. The van der Waals surface area contributed by atoms with E-state index in [1.807, 2.05) is 25.1 Å². The molecule has 4 rings (SSSR count). The molecular weight excluding hydrogens is 414 g/mol. The van der Waals surface area contributed by atoms with Gasteiger partial charge in [-0.25, -0.2) is 4.79 Å². The summed E-state index contributed by atoms with van der Waals surface area (Å²) in [5, 5.41) is 3.37. The molecule has 166 valence electrons. The van der Waals surface area contributed by atoms with E-state index >= 15 is 0 Å². The molecule has 1 N–H and O–H groups in total. The molecule has 0 saturated carbocycles. The van der Waals surface area contributed by atoms with Crippen molar-refractivity contribution in [2.24, 2.45) is 5.41 Å². The van der Waals surface area contributed by atoms with Crippen LogP contribution in [0.3, 0.4) is 0 Å². The zero-order valence-electron chi connectivity index (χ0n) is 18.5. The van der Waals surface area contributed by atoms with Crippen molar-refractivity contribution in [2.45, 2.75) is 46.5 Å². The molecule has 1 aromatic carbocycles. The van der Waals surface area contributed by atoms with Gasteiger partial charge in [0.05, 0.1) is 5.57 Å². The molecule has 6 nitrogen and oxygen atoms in total. The fourth-order valence-electron chi connectivity index (χ4n) is 4.55. The van der Waals surface area contributed by atoms with Gasteiger partial charge in [0.2, 0.25) is 6.79 Å². The predicted octanol–water partition coefficient (Wildman–Crippen LogP) is 4.32. The maximum absolute atomic E-state index is 13.3. The zero-order valence-corrected chi connectivity index (χ0v) is 19.3. The summed E-state index contributed by atoms with van der Waals surface area (Å²) in [6, 6.07) is 5.63. The Kier molecular flexibility index (Phi) is 6.06. The SMILES string of the molecule is CCSCCOC(=O)C1=C(C)NC2=C(C(=O)CC(C)(C)C2)[C@@H]1c1ccc2c(c1)OCO2. The molecule has 7 heteroatoms. The van der Waals surface area contributed by atoms with E-state index in [9.17, 15) is 9.59 Å². The maximum Gasteiger partial charge on any atom is 0.336 e. The van der Waals surface area contributed by atoms with Crippen LogP contribution in [0.2, 0.25) is 0 Å². The second-order valence-electron chi connectivity index (χ2n) is 8.88. The number of allylic oxidation sites excluding steroid dienone is 3. The van der Waals surface area contributed by atoms with Crippen LogP contribution in [-0.4, -0.2) is 36.7 Å². The highest BCUT2D eigenvalue weighted by Crippen LogP contribution is 2.48. The quantitative estimate of drug-likeness (QED) is 0.519. The normalized spacial score (nSPS) is 21.7. The molecule has 0 fully saturated rings. The lowest BCUT2D eigenvalue weighted by Gasteiger charge is -2.39. The molecule has 0 unspecified atom stereocenters. The maximum atomic E-state index is 13.3. The van der Waals surface area contributed by atoms with Crippen LogP contribution in [0.25, 0.3) is 0 Å². The largest absolute Gasteiger partial charge is 0.461 e. The Morgan fingerprint density at radius 1 is 1.26 bits per heavy atom. The highest BCUT2D eigenvalue weighted by Gasteiger charge is 2.43. The number of carbonyl (C=O) groups excluding carboxylic acids is 2. The van der Waals surface area contributed by atoms with Gasteiger partial charge >= 0.3 is 5.97 Å². The van der Waals surface area contributed by atoms with Crippen molar-refractivity contribution < 1.29 is 23.8 Å². The first-order chi connectivity index (χ1) is 14.8. The summed E-state index contributed by atoms with van der Waals surface area (Å²) < 4.78 is 16.6. The van der Waals surface area contributed by atoms with Crippen LogP contribution in [0.5, 0.6) is 11.5 Å². The molecule has 0 saturated heterocycles. The number of fused-ring (bicyclic) bond motifs is 1. The van der Waals surface area contributed by atoms with E-state index in [2.05, 4.69) is 26.1 Å². The number of nitrogens with one attached hydrogen (secondary N) is 1. The number of carbonyl (C=O) groups is 2. The first-order valence-corrected chi connectivity index (χ1v) is 11.8. The lowest BCUT2D eigenvalue weighted by atomic mass is 9.68. The topological polar surface area (TPSA) is 73.9 Å². The van der Waals surface area contributed by atoms with Gasteiger partial charge in [-0.3, -0.25) is 4.79 Å². The number of rotatable bonds is 6. The Bertz CT molecular complexity index is 978. The third-order valence-electron chi connectivity index (χ3n) is 5.85. The van der Waals surface area contributed by atoms with Gasteiger partial charge in [-0.1, -0.05) is 26.8 Å². The minimum Gasteiger partial charge on any atom is -0.461 e. The minimum absolute atomic E-state index is 0.0701. The summed E-state index contributed by atoms with van der Waals surface area (Å²) in [5.41, 5.74) is 3.50. The number of benzene rings is 1. The first-order valence-electron chi connectivity index (χ1n) is 10.7. The van der Waals surface area contributed by atoms with Crippen molar-refractivity contribution >= 4 is 23.5 Å². The molecule has 1 aromatic rings. The fraction of sp³-hybridized carbons (Fsp3) is 0.500. The molecule has 3 aliphatic rings. The Hall–Kier alpha value is -2.41. The average Bonchev–Trinajstić information content (AvgIpc) is 3.16. The van der Waals surface area contributed by atoms with E-state index in [1.54, 1.807) is 11.8 Å². The second kappa shape index (κ2) is 8.61. The van der Waals surface area contributed by atoms with E-state index in [4.69, 9.17) is 14.2 Å². The Labute approximate surface area is 187 Å². The van der Waals surface area contributed by atoms with Crippen LogP contribution in [0.15, 0.2) is 40.7 Å². The van der Waals surface area contributed by atoms with Gasteiger partial charge in [0.15, 0.2) is 17.3 Å². The van der Waals surface area contributed by atoms with Gasteiger partial charge in [-0.05, 0) is 42.2 Å².